The smallest absolute Gasteiger partial charge is 0.244 e. The minimum atomic E-state index is 0.698. The van der Waals surface area contributed by atoms with Gasteiger partial charge in [0, 0.05) is 26.1 Å². The predicted molar refractivity (Wildman–Crippen MR) is 80.1 cm³/mol. The van der Waals surface area contributed by atoms with Crippen LogP contribution in [0.4, 0.5) is 5.95 Å². The average Bonchev–Trinajstić information content (AvgIpc) is 2.93. The number of hydrogen-bond donors (Lipinski definition) is 2. The lowest BCUT2D eigenvalue weighted by Gasteiger charge is -2.31. The van der Waals surface area contributed by atoms with E-state index in [9.17, 15) is 0 Å². The fourth-order valence-corrected chi connectivity index (χ4v) is 2.66. The molecule has 20 heavy (non-hydrogen) atoms. The quantitative estimate of drug-likeness (QED) is 0.701. The molecule has 0 bridgehead atoms. The Bertz CT molecular complexity index is 379. The van der Waals surface area contributed by atoms with Crippen molar-refractivity contribution >= 4 is 5.95 Å². The summed E-state index contributed by atoms with van der Waals surface area (Å²) < 4.78 is 5.48. The number of nitrogens with one attached hydrogen (secondary N) is 2. The van der Waals surface area contributed by atoms with Crippen molar-refractivity contribution in [3.05, 3.63) is 5.82 Å². The van der Waals surface area contributed by atoms with E-state index in [0.717, 1.165) is 50.9 Å². The molecular formula is C14H27N5O. The van der Waals surface area contributed by atoms with Crippen molar-refractivity contribution in [2.75, 3.05) is 44.8 Å². The van der Waals surface area contributed by atoms with Crippen molar-refractivity contribution in [2.24, 2.45) is 5.92 Å². The van der Waals surface area contributed by atoms with Crippen molar-refractivity contribution in [3.63, 3.8) is 0 Å². The van der Waals surface area contributed by atoms with E-state index in [2.05, 4.69) is 32.3 Å². The Labute approximate surface area is 121 Å². The van der Waals surface area contributed by atoms with Crippen LogP contribution in [0.25, 0.3) is 0 Å². The number of ether oxygens (including phenoxy) is 1. The summed E-state index contributed by atoms with van der Waals surface area (Å²) in [5.41, 5.74) is 0. The van der Waals surface area contributed by atoms with Crippen LogP contribution in [-0.4, -0.2) is 55.1 Å². The first kappa shape index (κ1) is 15.3. The van der Waals surface area contributed by atoms with E-state index in [1.54, 1.807) is 0 Å². The van der Waals surface area contributed by atoms with E-state index in [-0.39, 0.29) is 0 Å². The molecule has 0 radical (unpaired) electrons. The third-order valence-corrected chi connectivity index (χ3v) is 3.65. The molecule has 2 N–H and O–H groups in total. The number of piperidine rings is 1. The predicted octanol–water partition coefficient (Wildman–Crippen LogP) is 1.21. The second-order valence-electron chi connectivity index (χ2n) is 5.46. The number of nitrogens with zero attached hydrogens (tertiary/aromatic N) is 3. The summed E-state index contributed by atoms with van der Waals surface area (Å²) in [4.78, 5) is 6.88. The molecule has 1 fully saturated rings. The van der Waals surface area contributed by atoms with E-state index < -0.39 is 0 Å². The van der Waals surface area contributed by atoms with Gasteiger partial charge in [0.1, 0.15) is 5.82 Å². The number of aromatic nitrogens is 3. The Balaban J connectivity index is 1.81. The number of hydrogen-bond acceptors (Lipinski definition) is 5. The maximum absolute atomic E-state index is 5.48. The molecule has 0 saturated carbocycles. The zero-order valence-electron chi connectivity index (χ0n) is 12.7. The molecule has 0 aliphatic carbocycles. The molecule has 2 heterocycles. The van der Waals surface area contributed by atoms with Gasteiger partial charge in [-0.05, 0) is 38.8 Å². The van der Waals surface area contributed by atoms with Crippen molar-refractivity contribution in [1.29, 1.82) is 0 Å². The second kappa shape index (κ2) is 8.21. The Morgan fingerprint density at radius 1 is 1.45 bits per heavy atom. The maximum Gasteiger partial charge on any atom is 0.244 e. The van der Waals surface area contributed by atoms with Gasteiger partial charge in [0.2, 0.25) is 5.95 Å². The van der Waals surface area contributed by atoms with Gasteiger partial charge in [-0.15, -0.1) is 5.10 Å². The summed E-state index contributed by atoms with van der Waals surface area (Å²) in [6.07, 6.45) is 4.37. The highest BCUT2D eigenvalue weighted by molar-refractivity contribution is 5.29. The number of aromatic amines is 1. The number of rotatable bonds is 8. The van der Waals surface area contributed by atoms with Gasteiger partial charge in [-0.25, -0.2) is 0 Å². The normalized spacial score (nSPS) is 19.5. The molecule has 1 saturated heterocycles. The van der Waals surface area contributed by atoms with Crippen LogP contribution < -0.4 is 10.2 Å². The van der Waals surface area contributed by atoms with Gasteiger partial charge in [0.15, 0.2) is 0 Å². The Hall–Kier alpha value is -1.14. The van der Waals surface area contributed by atoms with Gasteiger partial charge in [-0.1, -0.05) is 6.92 Å². The maximum atomic E-state index is 5.48. The van der Waals surface area contributed by atoms with Gasteiger partial charge in [0.05, 0.1) is 6.61 Å². The standard InChI is InChI=1S/C14H27N5O/c1-3-8-20-9-6-13-16-14(18-17-13)19-7-4-5-12(11-19)10-15-2/h12,15H,3-11H2,1-2H3,(H,16,17,18). The molecule has 2 rings (SSSR count). The lowest BCUT2D eigenvalue weighted by atomic mass is 9.98. The molecule has 1 aliphatic heterocycles. The molecule has 1 aromatic rings. The summed E-state index contributed by atoms with van der Waals surface area (Å²) in [6.45, 7) is 6.82. The monoisotopic (exact) mass is 281 g/mol. The van der Waals surface area contributed by atoms with E-state index >= 15 is 0 Å². The zero-order valence-corrected chi connectivity index (χ0v) is 12.7. The average molecular weight is 281 g/mol. The summed E-state index contributed by atoms with van der Waals surface area (Å²) in [6, 6.07) is 0. The SMILES string of the molecule is CCCOCCc1nc(N2CCCC(CNC)C2)n[nH]1. The fraction of sp³-hybridized carbons (Fsp3) is 0.857. The van der Waals surface area contributed by atoms with Crippen LogP contribution in [0.5, 0.6) is 0 Å². The summed E-state index contributed by atoms with van der Waals surface area (Å²) in [7, 11) is 2.01. The summed E-state index contributed by atoms with van der Waals surface area (Å²) in [5, 5.41) is 10.6. The van der Waals surface area contributed by atoms with Gasteiger partial charge in [-0.3, -0.25) is 5.10 Å². The zero-order chi connectivity index (χ0) is 14.2. The highest BCUT2D eigenvalue weighted by atomic mass is 16.5. The van der Waals surface area contributed by atoms with Crippen molar-refractivity contribution in [2.45, 2.75) is 32.6 Å². The van der Waals surface area contributed by atoms with Crippen LogP contribution in [0.2, 0.25) is 0 Å². The molecule has 0 aromatic carbocycles. The van der Waals surface area contributed by atoms with E-state index in [1.165, 1.54) is 12.8 Å². The van der Waals surface area contributed by atoms with Crippen LogP contribution in [0, 0.1) is 5.92 Å². The van der Waals surface area contributed by atoms with E-state index in [0.29, 0.717) is 12.5 Å². The molecule has 1 atom stereocenters. The first-order chi connectivity index (χ1) is 9.83. The highest BCUT2D eigenvalue weighted by Gasteiger charge is 2.22. The third-order valence-electron chi connectivity index (χ3n) is 3.65. The third kappa shape index (κ3) is 4.45. The van der Waals surface area contributed by atoms with Crippen LogP contribution in [-0.2, 0) is 11.2 Å². The molecular weight excluding hydrogens is 254 g/mol. The lowest BCUT2D eigenvalue weighted by Crippen LogP contribution is -2.39. The van der Waals surface area contributed by atoms with Gasteiger partial charge in [-0.2, -0.15) is 4.98 Å². The molecule has 0 spiro atoms. The Kier molecular flexibility index (Phi) is 6.26. The number of H-pyrrole nitrogens is 1. The fourth-order valence-electron chi connectivity index (χ4n) is 2.66. The summed E-state index contributed by atoms with van der Waals surface area (Å²) in [5.74, 6) is 2.46. The van der Waals surface area contributed by atoms with Crippen molar-refractivity contribution in [3.8, 4) is 0 Å². The van der Waals surface area contributed by atoms with Crippen molar-refractivity contribution < 1.29 is 4.74 Å². The number of anilines is 1. The molecule has 114 valence electrons. The van der Waals surface area contributed by atoms with E-state index in [4.69, 9.17) is 4.74 Å². The van der Waals surface area contributed by atoms with Crippen LogP contribution in [0.3, 0.4) is 0 Å². The van der Waals surface area contributed by atoms with Gasteiger partial charge < -0.3 is 15.0 Å². The summed E-state index contributed by atoms with van der Waals surface area (Å²) >= 11 is 0. The second-order valence-corrected chi connectivity index (χ2v) is 5.46. The van der Waals surface area contributed by atoms with Gasteiger partial charge >= 0.3 is 0 Å². The van der Waals surface area contributed by atoms with Crippen LogP contribution in [0.15, 0.2) is 0 Å². The molecule has 6 heteroatoms. The minimum absolute atomic E-state index is 0.698. The lowest BCUT2D eigenvalue weighted by molar-refractivity contribution is 0.136. The van der Waals surface area contributed by atoms with Crippen LogP contribution >= 0.6 is 0 Å². The molecule has 6 nitrogen and oxygen atoms in total. The highest BCUT2D eigenvalue weighted by Crippen LogP contribution is 2.19. The Morgan fingerprint density at radius 2 is 2.35 bits per heavy atom. The molecule has 1 aliphatic rings. The first-order valence-electron chi connectivity index (χ1n) is 7.72. The largest absolute Gasteiger partial charge is 0.381 e. The minimum Gasteiger partial charge on any atom is -0.381 e. The topological polar surface area (TPSA) is 66.1 Å². The molecule has 0 amide bonds. The first-order valence-corrected chi connectivity index (χ1v) is 7.72. The molecule has 1 unspecified atom stereocenters. The Morgan fingerprint density at radius 3 is 3.15 bits per heavy atom. The van der Waals surface area contributed by atoms with Crippen molar-refractivity contribution in [1.82, 2.24) is 20.5 Å². The van der Waals surface area contributed by atoms with E-state index in [1.807, 2.05) is 7.05 Å². The van der Waals surface area contributed by atoms with Gasteiger partial charge in [0.25, 0.3) is 0 Å². The molecule has 1 aromatic heterocycles. The van der Waals surface area contributed by atoms with Crippen LogP contribution in [0.1, 0.15) is 32.0 Å².